The summed E-state index contributed by atoms with van der Waals surface area (Å²) < 4.78 is 4.90. The number of hydrogen-bond acceptors (Lipinski definition) is 4. The molecule has 0 aliphatic rings. The molecule has 5 nitrogen and oxygen atoms in total. The second kappa shape index (κ2) is 6.75. The van der Waals surface area contributed by atoms with Gasteiger partial charge in [0.05, 0.1) is 0 Å². The van der Waals surface area contributed by atoms with Gasteiger partial charge in [-0.05, 0) is 21.0 Å². The quantitative estimate of drug-likeness (QED) is 0.582. The Morgan fingerprint density at radius 3 is 2.50 bits per heavy atom. The predicted molar refractivity (Wildman–Crippen MR) is 56.0 cm³/mol. The lowest BCUT2D eigenvalue weighted by Gasteiger charge is -2.21. The smallest absolute Gasteiger partial charge is 0.250 e. The van der Waals surface area contributed by atoms with Crippen LogP contribution in [0, 0.1) is 0 Å². The van der Waals surface area contributed by atoms with Gasteiger partial charge in [0.2, 0.25) is 5.91 Å². The molecule has 0 bridgehead atoms. The Balaban J connectivity index is 3.83. The van der Waals surface area contributed by atoms with Crippen molar-refractivity contribution >= 4 is 5.91 Å². The zero-order valence-electron chi connectivity index (χ0n) is 9.41. The number of nitrogens with two attached hydrogens (primary N) is 1. The maximum Gasteiger partial charge on any atom is 0.250 e. The molecule has 0 radical (unpaired) electrons. The van der Waals surface area contributed by atoms with Crippen LogP contribution in [0.2, 0.25) is 0 Å². The third-order valence-corrected chi connectivity index (χ3v) is 2.24. The van der Waals surface area contributed by atoms with E-state index in [2.05, 4.69) is 5.32 Å². The molecule has 0 rings (SSSR count). The molecular weight excluding hydrogens is 182 g/mol. The SMILES string of the molecule is COC(CN)C(=O)NCC(C)N(C)C. The number of methoxy groups -OCH3 is 1. The van der Waals surface area contributed by atoms with Crippen molar-refractivity contribution in [2.45, 2.75) is 19.1 Å². The topological polar surface area (TPSA) is 67.6 Å². The highest BCUT2D eigenvalue weighted by Crippen LogP contribution is 1.91. The molecule has 2 atom stereocenters. The van der Waals surface area contributed by atoms with Crippen molar-refractivity contribution in [3.63, 3.8) is 0 Å². The van der Waals surface area contributed by atoms with Crippen LogP contribution in [0.4, 0.5) is 0 Å². The minimum absolute atomic E-state index is 0.149. The first-order valence-electron chi connectivity index (χ1n) is 4.70. The molecule has 0 aliphatic heterocycles. The third kappa shape index (κ3) is 4.55. The van der Waals surface area contributed by atoms with Gasteiger partial charge in [0.1, 0.15) is 6.10 Å². The average Bonchev–Trinajstić information content (AvgIpc) is 2.15. The number of likely N-dealkylation sites (N-methyl/N-ethyl adjacent to an activating group) is 1. The van der Waals surface area contributed by atoms with E-state index in [9.17, 15) is 4.79 Å². The molecule has 0 spiro atoms. The van der Waals surface area contributed by atoms with E-state index >= 15 is 0 Å². The van der Waals surface area contributed by atoms with Crippen LogP contribution in [0.1, 0.15) is 6.92 Å². The summed E-state index contributed by atoms with van der Waals surface area (Å²) in [5.41, 5.74) is 5.35. The zero-order valence-corrected chi connectivity index (χ0v) is 9.41. The fourth-order valence-corrected chi connectivity index (χ4v) is 0.855. The molecule has 0 aliphatic carbocycles. The molecule has 1 amide bonds. The van der Waals surface area contributed by atoms with E-state index in [1.807, 2.05) is 25.9 Å². The van der Waals surface area contributed by atoms with Gasteiger partial charge < -0.3 is 20.7 Å². The zero-order chi connectivity index (χ0) is 11.1. The average molecular weight is 203 g/mol. The maximum atomic E-state index is 11.4. The van der Waals surface area contributed by atoms with Crippen molar-refractivity contribution in [2.24, 2.45) is 5.73 Å². The van der Waals surface area contributed by atoms with Gasteiger partial charge in [-0.1, -0.05) is 0 Å². The number of rotatable bonds is 6. The number of nitrogens with one attached hydrogen (secondary N) is 1. The van der Waals surface area contributed by atoms with Gasteiger partial charge in [0, 0.05) is 26.2 Å². The Morgan fingerprint density at radius 1 is 1.57 bits per heavy atom. The number of amides is 1. The van der Waals surface area contributed by atoms with Crippen molar-refractivity contribution in [1.82, 2.24) is 10.2 Å². The molecule has 0 aromatic carbocycles. The summed E-state index contributed by atoms with van der Waals surface area (Å²) in [5, 5.41) is 2.78. The second-order valence-corrected chi connectivity index (χ2v) is 3.52. The summed E-state index contributed by atoms with van der Waals surface area (Å²) in [7, 11) is 5.41. The van der Waals surface area contributed by atoms with Crippen molar-refractivity contribution < 1.29 is 9.53 Å². The van der Waals surface area contributed by atoms with Crippen molar-refractivity contribution in [1.29, 1.82) is 0 Å². The fraction of sp³-hybridized carbons (Fsp3) is 0.889. The normalized spacial score (nSPS) is 15.3. The van der Waals surface area contributed by atoms with Crippen molar-refractivity contribution in [3.8, 4) is 0 Å². The van der Waals surface area contributed by atoms with E-state index in [1.165, 1.54) is 7.11 Å². The summed E-state index contributed by atoms with van der Waals surface area (Å²) in [4.78, 5) is 13.4. The Labute approximate surface area is 85.6 Å². The molecule has 0 aromatic heterocycles. The van der Waals surface area contributed by atoms with Crippen molar-refractivity contribution in [3.05, 3.63) is 0 Å². The largest absolute Gasteiger partial charge is 0.370 e. The molecule has 3 N–H and O–H groups in total. The van der Waals surface area contributed by atoms with Gasteiger partial charge in [-0.25, -0.2) is 0 Å². The van der Waals surface area contributed by atoms with Gasteiger partial charge in [-0.2, -0.15) is 0 Å². The molecule has 0 aromatic rings. The summed E-state index contributed by atoms with van der Waals surface area (Å²) in [6.07, 6.45) is -0.538. The standard InChI is InChI=1S/C9H21N3O2/c1-7(12(2)3)6-11-9(13)8(5-10)14-4/h7-8H,5-6,10H2,1-4H3,(H,11,13). The van der Waals surface area contributed by atoms with E-state index in [1.54, 1.807) is 0 Å². The van der Waals surface area contributed by atoms with E-state index in [0.29, 0.717) is 12.6 Å². The Hall–Kier alpha value is -0.650. The first kappa shape index (κ1) is 13.4. The first-order valence-corrected chi connectivity index (χ1v) is 4.70. The van der Waals surface area contributed by atoms with Crippen LogP contribution in [0.3, 0.4) is 0 Å². The molecule has 0 fully saturated rings. The highest BCUT2D eigenvalue weighted by molar-refractivity contribution is 5.81. The Morgan fingerprint density at radius 2 is 2.14 bits per heavy atom. The fourth-order valence-electron chi connectivity index (χ4n) is 0.855. The molecule has 2 unspecified atom stereocenters. The highest BCUT2D eigenvalue weighted by atomic mass is 16.5. The second-order valence-electron chi connectivity index (χ2n) is 3.52. The van der Waals surface area contributed by atoms with Crippen LogP contribution in [0.25, 0.3) is 0 Å². The van der Waals surface area contributed by atoms with Crippen molar-refractivity contribution in [2.75, 3.05) is 34.3 Å². The summed E-state index contributed by atoms with van der Waals surface area (Å²) in [5.74, 6) is -0.149. The maximum absolute atomic E-state index is 11.4. The summed E-state index contributed by atoms with van der Waals surface area (Å²) in [6.45, 7) is 2.84. The van der Waals surface area contributed by atoms with E-state index in [0.717, 1.165) is 0 Å². The molecule has 0 saturated carbocycles. The lowest BCUT2D eigenvalue weighted by atomic mass is 10.3. The molecule has 84 valence electrons. The van der Waals surface area contributed by atoms with Crippen LogP contribution < -0.4 is 11.1 Å². The Bertz CT molecular complexity index is 169. The van der Waals surface area contributed by atoms with Gasteiger partial charge in [-0.15, -0.1) is 0 Å². The van der Waals surface area contributed by atoms with Gasteiger partial charge in [-0.3, -0.25) is 4.79 Å². The molecule has 0 heterocycles. The van der Waals surface area contributed by atoms with Crippen LogP contribution in [0.15, 0.2) is 0 Å². The summed E-state index contributed by atoms with van der Waals surface area (Å²) >= 11 is 0. The number of carbonyl (C=O) groups excluding carboxylic acids is 1. The number of carbonyl (C=O) groups is 1. The highest BCUT2D eigenvalue weighted by Gasteiger charge is 2.16. The lowest BCUT2D eigenvalue weighted by molar-refractivity contribution is -0.130. The van der Waals surface area contributed by atoms with E-state index in [-0.39, 0.29) is 12.5 Å². The molecular formula is C9H21N3O2. The van der Waals surface area contributed by atoms with Crippen LogP contribution in [0.5, 0.6) is 0 Å². The number of hydrogen-bond donors (Lipinski definition) is 2. The van der Waals surface area contributed by atoms with Crippen LogP contribution in [-0.2, 0) is 9.53 Å². The van der Waals surface area contributed by atoms with E-state index < -0.39 is 6.10 Å². The monoisotopic (exact) mass is 203 g/mol. The van der Waals surface area contributed by atoms with Crippen LogP contribution in [-0.4, -0.2) is 57.2 Å². The van der Waals surface area contributed by atoms with Gasteiger partial charge in [0.25, 0.3) is 0 Å². The lowest BCUT2D eigenvalue weighted by Crippen LogP contribution is -2.45. The van der Waals surface area contributed by atoms with E-state index in [4.69, 9.17) is 10.5 Å². The molecule has 14 heavy (non-hydrogen) atoms. The van der Waals surface area contributed by atoms with Gasteiger partial charge in [0.15, 0.2) is 0 Å². The number of nitrogens with zero attached hydrogens (tertiary/aromatic N) is 1. The Kier molecular flexibility index (Phi) is 6.44. The minimum Gasteiger partial charge on any atom is -0.370 e. The first-order chi connectivity index (χ1) is 6.52. The third-order valence-electron chi connectivity index (χ3n) is 2.24. The minimum atomic E-state index is -0.538. The predicted octanol–water partition coefficient (Wildman–Crippen LogP) is -0.974. The van der Waals surface area contributed by atoms with Gasteiger partial charge >= 0.3 is 0 Å². The number of ether oxygens (including phenoxy) is 1. The molecule has 0 saturated heterocycles. The summed E-state index contributed by atoms with van der Waals surface area (Å²) in [6, 6.07) is 0.300. The van der Waals surface area contributed by atoms with Crippen LogP contribution >= 0.6 is 0 Å². The molecule has 5 heteroatoms.